The molecule has 0 aliphatic carbocycles. The summed E-state index contributed by atoms with van der Waals surface area (Å²) in [6.45, 7) is 0.391. The van der Waals surface area contributed by atoms with Crippen LogP contribution in [0.15, 0.2) is 78.0 Å². The van der Waals surface area contributed by atoms with Gasteiger partial charge in [-0.3, -0.25) is 14.3 Å². The standard InChI is InChI=1S/C27H22ClF3N8O3/c1-16-20(6-4-12-32-16)34-25(41)19-5-2-3-7-21(19)39-15-33-23(35-39)14-38-26(42)37(13-22(40)27(29,30)31)24(36-38)17-8-10-18(28)11-9-17/h2-12,15,22,40H,13-14H2,1H3,(H,34,41). The van der Waals surface area contributed by atoms with Crippen molar-refractivity contribution in [3.05, 3.63) is 106 Å². The Bertz CT molecular complexity index is 1800. The molecule has 1 atom stereocenters. The summed E-state index contributed by atoms with van der Waals surface area (Å²) in [4.78, 5) is 34.6. The van der Waals surface area contributed by atoms with Crippen molar-refractivity contribution in [1.82, 2.24) is 34.1 Å². The molecule has 0 spiro atoms. The highest BCUT2D eigenvalue weighted by Gasteiger charge is 2.39. The summed E-state index contributed by atoms with van der Waals surface area (Å²) < 4.78 is 42.4. The van der Waals surface area contributed by atoms with Crippen molar-refractivity contribution in [2.45, 2.75) is 32.3 Å². The maximum atomic E-state index is 13.2. The van der Waals surface area contributed by atoms with E-state index in [0.717, 1.165) is 9.25 Å². The van der Waals surface area contributed by atoms with Crippen LogP contribution in [0, 0.1) is 6.92 Å². The summed E-state index contributed by atoms with van der Waals surface area (Å²) in [5.74, 6) is -0.421. The normalized spacial score (nSPS) is 12.3. The number of pyridine rings is 1. The van der Waals surface area contributed by atoms with Gasteiger partial charge in [0.1, 0.15) is 12.9 Å². The van der Waals surface area contributed by atoms with Crippen molar-refractivity contribution in [2.75, 3.05) is 5.32 Å². The Morgan fingerprint density at radius 2 is 1.79 bits per heavy atom. The van der Waals surface area contributed by atoms with Gasteiger partial charge in [-0.05, 0) is 55.5 Å². The SMILES string of the molecule is Cc1ncccc1NC(=O)c1ccccc1-n1cnc(Cn2nc(-c3ccc(Cl)cc3)n(CC(O)C(F)(F)F)c2=O)n1. The smallest absolute Gasteiger partial charge is 0.382 e. The number of amides is 1. The highest BCUT2D eigenvalue weighted by atomic mass is 35.5. The predicted molar refractivity (Wildman–Crippen MR) is 146 cm³/mol. The third kappa shape index (κ3) is 6.09. The fraction of sp³-hybridized carbons (Fsp3) is 0.185. The Hall–Kier alpha value is -4.82. The Morgan fingerprint density at radius 3 is 2.50 bits per heavy atom. The summed E-state index contributed by atoms with van der Waals surface area (Å²) in [7, 11) is 0. The fourth-order valence-electron chi connectivity index (χ4n) is 4.09. The lowest BCUT2D eigenvalue weighted by molar-refractivity contribution is -0.207. The number of hydrogen-bond donors (Lipinski definition) is 2. The van der Waals surface area contributed by atoms with Crippen molar-refractivity contribution < 1.29 is 23.1 Å². The summed E-state index contributed by atoms with van der Waals surface area (Å²) in [5, 5.41) is 21.4. The number of hydrogen-bond acceptors (Lipinski definition) is 7. The highest BCUT2D eigenvalue weighted by Crippen LogP contribution is 2.24. The number of nitrogens with zero attached hydrogens (tertiary/aromatic N) is 7. The number of nitrogens with one attached hydrogen (secondary N) is 1. The number of carbonyl (C=O) groups excluding carboxylic acids is 1. The second kappa shape index (κ2) is 11.6. The number of aliphatic hydroxyl groups is 1. The number of aryl methyl sites for hydroxylation is 1. The van der Waals surface area contributed by atoms with Gasteiger partial charge in [0.2, 0.25) is 0 Å². The minimum atomic E-state index is -4.95. The van der Waals surface area contributed by atoms with Gasteiger partial charge in [0.15, 0.2) is 17.8 Å². The zero-order valence-corrected chi connectivity index (χ0v) is 22.6. The molecule has 0 saturated heterocycles. The van der Waals surface area contributed by atoms with Crippen LogP contribution < -0.4 is 11.0 Å². The van der Waals surface area contributed by atoms with Crippen molar-refractivity contribution in [2.24, 2.45) is 0 Å². The minimum Gasteiger partial charge on any atom is -0.382 e. The van der Waals surface area contributed by atoms with Crippen LogP contribution in [0.1, 0.15) is 21.9 Å². The number of carbonyl (C=O) groups is 1. The average Bonchev–Trinajstić information content (AvgIpc) is 3.55. The van der Waals surface area contributed by atoms with E-state index in [9.17, 15) is 27.9 Å². The minimum absolute atomic E-state index is 0.0964. The maximum Gasteiger partial charge on any atom is 0.416 e. The second-order valence-corrected chi connectivity index (χ2v) is 9.59. The van der Waals surface area contributed by atoms with Crippen LogP contribution >= 0.6 is 11.6 Å². The monoisotopic (exact) mass is 598 g/mol. The molecule has 1 amide bonds. The van der Waals surface area contributed by atoms with E-state index in [1.807, 2.05) is 0 Å². The summed E-state index contributed by atoms with van der Waals surface area (Å²) in [6.07, 6.45) is -4.79. The predicted octanol–water partition coefficient (Wildman–Crippen LogP) is 3.87. The first-order valence-electron chi connectivity index (χ1n) is 12.4. The van der Waals surface area contributed by atoms with E-state index in [1.54, 1.807) is 49.5 Å². The average molecular weight is 599 g/mol. The molecule has 0 bridgehead atoms. The van der Waals surface area contributed by atoms with Crippen LogP contribution in [0.2, 0.25) is 5.02 Å². The Labute approximate surface area is 240 Å². The molecule has 0 aliphatic heterocycles. The quantitative estimate of drug-likeness (QED) is 0.277. The topological polar surface area (TPSA) is 133 Å². The molecule has 0 radical (unpaired) electrons. The van der Waals surface area contributed by atoms with E-state index in [1.165, 1.54) is 35.3 Å². The van der Waals surface area contributed by atoms with Gasteiger partial charge in [-0.2, -0.15) is 13.2 Å². The number of aliphatic hydroxyl groups excluding tert-OH is 1. The van der Waals surface area contributed by atoms with E-state index in [-0.39, 0.29) is 23.8 Å². The van der Waals surface area contributed by atoms with Gasteiger partial charge < -0.3 is 10.4 Å². The van der Waals surface area contributed by atoms with Gasteiger partial charge in [0, 0.05) is 16.8 Å². The first-order chi connectivity index (χ1) is 20.0. The lowest BCUT2D eigenvalue weighted by Crippen LogP contribution is -2.37. The summed E-state index contributed by atoms with van der Waals surface area (Å²) in [6, 6.07) is 16.1. The molecule has 15 heteroatoms. The molecule has 216 valence electrons. The van der Waals surface area contributed by atoms with Crippen molar-refractivity contribution in [1.29, 1.82) is 0 Å². The molecule has 42 heavy (non-hydrogen) atoms. The molecular weight excluding hydrogens is 577 g/mol. The summed E-state index contributed by atoms with van der Waals surface area (Å²) in [5.41, 5.74) is 1.25. The number of anilines is 1. The Balaban J connectivity index is 1.45. The molecule has 11 nitrogen and oxygen atoms in total. The van der Waals surface area contributed by atoms with Crippen LogP contribution in [0.25, 0.3) is 17.1 Å². The highest BCUT2D eigenvalue weighted by molar-refractivity contribution is 6.30. The van der Waals surface area contributed by atoms with Gasteiger partial charge >= 0.3 is 11.9 Å². The first-order valence-corrected chi connectivity index (χ1v) is 12.8. The lowest BCUT2D eigenvalue weighted by atomic mass is 10.1. The second-order valence-electron chi connectivity index (χ2n) is 9.15. The molecular formula is C27H22ClF3N8O3. The van der Waals surface area contributed by atoms with E-state index in [2.05, 4.69) is 25.5 Å². The number of benzene rings is 2. The fourth-order valence-corrected chi connectivity index (χ4v) is 4.21. The number of para-hydroxylation sites is 1. The number of alkyl halides is 3. The lowest BCUT2D eigenvalue weighted by Gasteiger charge is -2.15. The van der Waals surface area contributed by atoms with Crippen molar-refractivity contribution in [3.8, 4) is 17.1 Å². The largest absolute Gasteiger partial charge is 0.416 e. The molecule has 3 aromatic heterocycles. The molecule has 2 N–H and O–H groups in total. The number of rotatable bonds is 8. The molecule has 0 aliphatic rings. The third-order valence-corrected chi connectivity index (χ3v) is 6.49. The Morgan fingerprint density at radius 1 is 1.05 bits per heavy atom. The van der Waals surface area contributed by atoms with Crippen LogP contribution in [0.5, 0.6) is 0 Å². The van der Waals surface area contributed by atoms with E-state index in [4.69, 9.17) is 11.6 Å². The van der Waals surface area contributed by atoms with Crippen LogP contribution in [-0.4, -0.2) is 57.4 Å². The van der Waals surface area contributed by atoms with Crippen molar-refractivity contribution in [3.63, 3.8) is 0 Å². The van der Waals surface area contributed by atoms with Crippen LogP contribution in [0.3, 0.4) is 0 Å². The van der Waals surface area contributed by atoms with E-state index in [0.29, 0.717) is 27.7 Å². The zero-order chi connectivity index (χ0) is 30.0. The molecule has 0 fully saturated rings. The van der Waals surface area contributed by atoms with Crippen molar-refractivity contribution >= 4 is 23.2 Å². The number of aromatic nitrogens is 7. The van der Waals surface area contributed by atoms with E-state index >= 15 is 0 Å². The number of halogens is 4. The molecule has 2 aromatic carbocycles. The first kappa shape index (κ1) is 28.7. The summed E-state index contributed by atoms with van der Waals surface area (Å²) >= 11 is 5.93. The molecule has 5 aromatic rings. The van der Waals surface area contributed by atoms with Gasteiger partial charge in [-0.1, -0.05) is 23.7 Å². The molecule has 0 saturated carbocycles. The van der Waals surface area contributed by atoms with E-state index < -0.39 is 30.4 Å². The van der Waals surface area contributed by atoms with Gasteiger partial charge in [0.25, 0.3) is 5.91 Å². The van der Waals surface area contributed by atoms with Crippen LogP contribution in [0.4, 0.5) is 18.9 Å². The maximum absolute atomic E-state index is 13.2. The van der Waals surface area contributed by atoms with Crippen LogP contribution in [-0.2, 0) is 13.1 Å². The third-order valence-electron chi connectivity index (χ3n) is 6.24. The molecule has 1 unspecified atom stereocenters. The zero-order valence-electron chi connectivity index (χ0n) is 21.8. The molecule has 5 rings (SSSR count). The Kier molecular flexibility index (Phi) is 7.91. The van der Waals surface area contributed by atoms with Gasteiger partial charge in [-0.25, -0.2) is 19.1 Å². The van der Waals surface area contributed by atoms with Gasteiger partial charge in [0.05, 0.1) is 29.2 Å². The molecule has 3 heterocycles. The van der Waals surface area contributed by atoms with Gasteiger partial charge in [-0.15, -0.1) is 10.2 Å².